The summed E-state index contributed by atoms with van der Waals surface area (Å²) in [4.78, 5) is 13.1. The third kappa shape index (κ3) is 2.42. The zero-order chi connectivity index (χ0) is 17.0. The van der Waals surface area contributed by atoms with Gasteiger partial charge in [-0.3, -0.25) is 0 Å². The van der Waals surface area contributed by atoms with Crippen LogP contribution in [0.4, 0.5) is 11.4 Å². The second-order valence-electron chi connectivity index (χ2n) is 6.55. The monoisotopic (exact) mass is 352 g/mol. The van der Waals surface area contributed by atoms with E-state index in [0.717, 1.165) is 35.1 Å². The van der Waals surface area contributed by atoms with Crippen LogP contribution in [-0.2, 0) is 6.54 Å². The topological polar surface area (TPSA) is 52.5 Å². The first-order valence-electron chi connectivity index (χ1n) is 8.45. The van der Waals surface area contributed by atoms with Crippen LogP contribution in [0, 0.1) is 0 Å². The van der Waals surface area contributed by atoms with E-state index in [1.165, 1.54) is 0 Å². The van der Waals surface area contributed by atoms with E-state index in [2.05, 4.69) is 20.9 Å². The van der Waals surface area contributed by atoms with Crippen LogP contribution in [0.1, 0.15) is 18.7 Å². The molecule has 0 amide bonds. The molecule has 1 N–H and O–H groups in total. The fourth-order valence-electron chi connectivity index (χ4n) is 3.54. The first kappa shape index (κ1) is 14.9. The first-order chi connectivity index (χ1) is 12.2. The molecule has 1 fully saturated rings. The highest BCUT2D eigenvalue weighted by Gasteiger charge is 2.42. The quantitative estimate of drug-likeness (QED) is 0.730. The van der Waals surface area contributed by atoms with Crippen LogP contribution in [-0.4, -0.2) is 27.5 Å². The number of fused-ring (bicyclic) bond motifs is 2. The first-order valence-corrected chi connectivity index (χ1v) is 8.83. The molecule has 2 aliphatic rings. The minimum atomic E-state index is -0.696. The third-order valence-electron chi connectivity index (χ3n) is 4.85. The Bertz CT molecular complexity index is 959. The van der Waals surface area contributed by atoms with Gasteiger partial charge < -0.3 is 14.9 Å². The molecule has 1 aromatic heterocycles. The maximum atomic E-state index is 10.9. The Morgan fingerprint density at radius 3 is 2.52 bits per heavy atom. The van der Waals surface area contributed by atoms with E-state index in [1.54, 1.807) is 0 Å². The molecule has 1 aliphatic heterocycles. The number of aromatic nitrogens is 2. The van der Waals surface area contributed by atoms with Gasteiger partial charge in [-0.25, -0.2) is 9.97 Å². The second kappa shape index (κ2) is 5.58. The molecule has 25 heavy (non-hydrogen) atoms. The number of hydrogen-bond donors (Lipinski definition) is 1. The zero-order valence-electron chi connectivity index (χ0n) is 13.5. The van der Waals surface area contributed by atoms with Gasteiger partial charge in [0.25, 0.3) is 0 Å². The van der Waals surface area contributed by atoms with Crippen molar-refractivity contribution in [3.05, 3.63) is 59.5 Å². The lowest BCUT2D eigenvalue weighted by atomic mass is 10.2. The Balaban J connectivity index is 1.53. The maximum absolute atomic E-state index is 10.9. The van der Waals surface area contributed by atoms with Gasteiger partial charge in [-0.15, -0.1) is 0 Å². The lowest BCUT2D eigenvalue weighted by molar-refractivity contribution is 0.167. The number of rotatable bonds is 3. The van der Waals surface area contributed by atoms with Gasteiger partial charge in [0.2, 0.25) is 6.35 Å². The predicted octanol–water partition coefficient (Wildman–Crippen LogP) is 3.55. The van der Waals surface area contributed by atoms with Gasteiger partial charge in [0, 0.05) is 11.4 Å². The molecule has 1 saturated carbocycles. The van der Waals surface area contributed by atoms with Gasteiger partial charge >= 0.3 is 0 Å². The summed E-state index contributed by atoms with van der Waals surface area (Å²) in [7, 11) is 0. The van der Waals surface area contributed by atoms with Crippen molar-refractivity contribution in [3.63, 3.8) is 0 Å². The Morgan fingerprint density at radius 1 is 1.00 bits per heavy atom. The molecule has 126 valence electrons. The van der Waals surface area contributed by atoms with Gasteiger partial charge in [-0.2, -0.15) is 0 Å². The van der Waals surface area contributed by atoms with E-state index in [9.17, 15) is 5.11 Å². The van der Waals surface area contributed by atoms with Crippen LogP contribution in [0.3, 0.4) is 0 Å². The fourth-order valence-corrected chi connectivity index (χ4v) is 3.79. The molecule has 0 spiro atoms. The molecule has 0 bridgehead atoms. The molecule has 0 radical (unpaired) electrons. The van der Waals surface area contributed by atoms with Gasteiger partial charge in [0.05, 0.1) is 23.4 Å². The van der Waals surface area contributed by atoms with Crippen LogP contribution in [0.2, 0.25) is 5.15 Å². The van der Waals surface area contributed by atoms with Gasteiger partial charge in [0.1, 0.15) is 11.0 Å². The summed E-state index contributed by atoms with van der Waals surface area (Å²) in [6, 6.07) is 16.2. The SMILES string of the molecule is OC1N(Cc2nc(Cl)c3ccccc3n2)c2ccccc2N1C1CC1. The number of halogens is 1. The highest BCUT2D eigenvalue weighted by molar-refractivity contribution is 6.34. The van der Waals surface area contributed by atoms with Gasteiger partial charge in [0.15, 0.2) is 0 Å². The summed E-state index contributed by atoms with van der Waals surface area (Å²) in [6.45, 7) is 0.409. The smallest absolute Gasteiger partial charge is 0.208 e. The minimum absolute atomic E-state index is 0.409. The van der Waals surface area contributed by atoms with Crippen molar-refractivity contribution in [2.45, 2.75) is 31.8 Å². The molecule has 1 aliphatic carbocycles. The van der Waals surface area contributed by atoms with E-state index in [-0.39, 0.29) is 0 Å². The fraction of sp³-hybridized carbons (Fsp3) is 0.263. The standard InChI is InChI=1S/C19H17ClN4O/c20-18-13-5-1-2-6-14(13)21-17(22-18)11-23-15-7-3-4-8-16(15)24(19(23)25)12-9-10-12/h1-8,12,19,25H,9-11H2. The number of para-hydroxylation sites is 3. The van der Waals surface area contributed by atoms with Crippen LogP contribution in [0.5, 0.6) is 0 Å². The van der Waals surface area contributed by atoms with Crippen molar-refractivity contribution in [1.29, 1.82) is 0 Å². The summed E-state index contributed by atoms with van der Waals surface area (Å²) >= 11 is 6.33. The molecule has 2 aromatic carbocycles. The molecule has 6 heteroatoms. The normalized spacial score (nSPS) is 19.5. The van der Waals surface area contributed by atoms with Crippen molar-refractivity contribution in [3.8, 4) is 0 Å². The Labute approximate surface area is 150 Å². The third-order valence-corrected chi connectivity index (χ3v) is 5.14. The average Bonchev–Trinajstić information content (AvgIpc) is 3.41. The van der Waals surface area contributed by atoms with E-state index < -0.39 is 6.35 Å². The summed E-state index contributed by atoms with van der Waals surface area (Å²) in [5, 5.41) is 12.2. The molecule has 2 heterocycles. The Hall–Kier alpha value is -2.37. The van der Waals surface area contributed by atoms with E-state index in [4.69, 9.17) is 11.6 Å². The number of aliphatic hydroxyl groups excluding tert-OH is 1. The number of benzene rings is 2. The molecular weight excluding hydrogens is 336 g/mol. The van der Waals surface area contributed by atoms with Crippen molar-refractivity contribution in [2.24, 2.45) is 0 Å². The number of aliphatic hydroxyl groups is 1. The average molecular weight is 353 g/mol. The van der Waals surface area contributed by atoms with Crippen LogP contribution < -0.4 is 9.80 Å². The number of anilines is 2. The largest absolute Gasteiger partial charge is 0.356 e. The molecule has 1 unspecified atom stereocenters. The molecule has 0 saturated heterocycles. The predicted molar refractivity (Wildman–Crippen MR) is 98.7 cm³/mol. The van der Waals surface area contributed by atoms with E-state index in [1.807, 2.05) is 47.4 Å². The van der Waals surface area contributed by atoms with E-state index >= 15 is 0 Å². The van der Waals surface area contributed by atoms with Crippen molar-refractivity contribution < 1.29 is 5.11 Å². The molecular formula is C19H17ClN4O. The Morgan fingerprint density at radius 2 is 1.72 bits per heavy atom. The number of hydrogen-bond acceptors (Lipinski definition) is 5. The van der Waals surface area contributed by atoms with Gasteiger partial charge in [-0.1, -0.05) is 35.9 Å². The van der Waals surface area contributed by atoms with Crippen molar-refractivity contribution >= 4 is 33.9 Å². The van der Waals surface area contributed by atoms with Crippen molar-refractivity contribution in [1.82, 2.24) is 9.97 Å². The molecule has 5 nitrogen and oxygen atoms in total. The maximum Gasteiger partial charge on any atom is 0.208 e. The highest BCUT2D eigenvalue weighted by atomic mass is 35.5. The van der Waals surface area contributed by atoms with Crippen molar-refractivity contribution in [2.75, 3.05) is 9.80 Å². The van der Waals surface area contributed by atoms with Gasteiger partial charge in [-0.05, 0) is 37.1 Å². The van der Waals surface area contributed by atoms with Crippen LogP contribution in [0.25, 0.3) is 10.9 Å². The molecule has 5 rings (SSSR count). The Kier molecular flexibility index (Phi) is 3.33. The zero-order valence-corrected chi connectivity index (χ0v) is 14.3. The molecule has 3 aromatic rings. The summed E-state index contributed by atoms with van der Waals surface area (Å²) in [5.74, 6) is 0.607. The van der Waals surface area contributed by atoms with E-state index in [0.29, 0.717) is 23.6 Å². The second-order valence-corrected chi connectivity index (χ2v) is 6.91. The summed E-state index contributed by atoms with van der Waals surface area (Å²) in [5.41, 5.74) is 2.90. The minimum Gasteiger partial charge on any atom is -0.356 e. The molecule has 1 atom stereocenters. The summed E-state index contributed by atoms with van der Waals surface area (Å²) in [6.07, 6.45) is 1.55. The van der Waals surface area contributed by atoms with Crippen LogP contribution >= 0.6 is 11.6 Å². The van der Waals surface area contributed by atoms with Crippen LogP contribution in [0.15, 0.2) is 48.5 Å². The summed E-state index contributed by atoms with van der Waals surface area (Å²) < 4.78 is 0. The lowest BCUT2D eigenvalue weighted by Gasteiger charge is -2.28. The number of nitrogens with zero attached hydrogens (tertiary/aromatic N) is 4. The highest BCUT2D eigenvalue weighted by Crippen LogP contribution is 2.45. The lowest BCUT2D eigenvalue weighted by Crippen LogP contribution is -2.44.